The van der Waals surface area contributed by atoms with Gasteiger partial charge in [0.15, 0.2) is 0 Å². The lowest BCUT2D eigenvalue weighted by atomic mass is 9.98. The summed E-state index contributed by atoms with van der Waals surface area (Å²) in [4.78, 5) is 6.89. The van der Waals surface area contributed by atoms with Crippen LogP contribution >= 0.6 is 0 Å². The number of rotatable bonds is 3. The molecule has 0 spiro atoms. The Balaban J connectivity index is 1.41. The van der Waals surface area contributed by atoms with Gasteiger partial charge in [-0.3, -0.25) is 4.98 Å². The minimum atomic E-state index is 1.09. The summed E-state index contributed by atoms with van der Waals surface area (Å²) >= 11 is 0. The van der Waals surface area contributed by atoms with Gasteiger partial charge in [-0.25, -0.2) is 0 Å². The van der Waals surface area contributed by atoms with E-state index in [0.717, 1.165) is 33.9 Å². The molecule has 2 aromatic heterocycles. The van der Waals surface area contributed by atoms with Crippen LogP contribution in [0.5, 0.6) is 0 Å². The Morgan fingerprint density at radius 1 is 0.477 bits per heavy atom. The Morgan fingerprint density at radius 2 is 1.11 bits per heavy atom. The number of anilines is 3. The number of benzene rings is 6. The van der Waals surface area contributed by atoms with Gasteiger partial charge in [-0.1, -0.05) is 109 Å². The van der Waals surface area contributed by atoms with Gasteiger partial charge in [-0.15, -0.1) is 0 Å². The SMILES string of the molecule is c1cncc(-c2ccccc2N2c3ccccc3-c3c(n(-c4ccc5ccccc5c4)c4ccccc34)-c3ccccc32)c1. The van der Waals surface area contributed by atoms with Crippen molar-refractivity contribution in [2.24, 2.45) is 0 Å². The van der Waals surface area contributed by atoms with E-state index in [2.05, 4.69) is 160 Å². The Labute approximate surface area is 255 Å². The Morgan fingerprint density at radius 3 is 1.91 bits per heavy atom. The molecule has 206 valence electrons. The summed E-state index contributed by atoms with van der Waals surface area (Å²) in [5.74, 6) is 0. The number of pyridine rings is 1. The molecule has 1 aliphatic rings. The van der Waals surface area contributed by atoms with Gasteiger partial charge < -0.3 is 9.47 Å². The van der Waals surface area contributed by atoms with Gasteiger partial charge in [0, 0.05) is 51.3 Å². The third-order valence-corrected chi connectivity index (χ3v) is 8.80. The molecule has 0 saturated carbocycles. The predicted molar refractivity (Wildman–Crippen MR) is 183 cm³/mol. The largest absolute Gasteiger partial charge is 0.309 e. The first-order valence-electron chi connectivity index (χ1n) is 15.0. The van der Waals surface area contributed by atoms with Crippen LogP contribution in [-0.2, 0) is 0 Å². The molecular formula is C41H27N3. The van der Waals surface area contributed by atoms with Crippen molar-refractivity contribution in [1.29, 1.82) is 0 Å². The van der Waals surface area contributed by atoms with E-state index >= 15 is 0 Å². The fourth-order valence-corrected chi connectivity index (χ4v) is 6.92. The number of fused-ring (bicyclic) bond motifs is 8. The molecule has 1 aliphatic heterocycles. The molecule has 0 atom stereocenters. The summed E-state index contributed by atoms with van der Waals surface area (Å²) in [5.41, 5.74) is 12.8. The van der Waals surface area contributed by atoms with E-state index in [9.17, 15) is 0 Å². The number of hydrogen-bond acceptors (Lipinski definition) is 2. The van der Waals surface area contributed by atoms with Crippen molar-refractivity contribution in [3.63, 3.8) is 0 Å². The molecule has 3 heterocycles. The molecule has 9 rings (SSSR count). The lowest BCUT2D eigenvalue weighted by Gasteiger charge is -2.29. The van der Waals surface area contributed by atoms with E-state index in [1.807, 2.05) is 18.5 Å². The van der Waals surface area contributed by atoms with E-state index in [1.165, 1.54) is 44.1 Å². The maximum atomic E-state index is 4.46. The van der Waals surface area contributed by atoms with Crippen molar-refractivity contribution in [3.8, 4) is 39.2 Å². The average Bonchev–Trinajstić information content (AvgIpc) is 3.38. The molecule has 0 radical (unpaired) electrons. The topological polar surface area (TPSA) is 21.1 Å². The smallest absolute Gasteiger partial charge is 0.0641 e. The molecule has 3 nitrogen and oxygen atoms in total. The maximum Gasteiger partial charge on any atom is 0.0641 e. The molecular weight excluding hydrogens is 534 g/mol. The van der Waals surface area contributed by atoms with Gasteiger partial charge in [0.05, 0.1) is 28.3 Å². The fourth-order valence-electron chi connectivity index (χ4n) is 6.92. The van der Waals surface area contributed by atoms with Gasteiger partial charge in [-0.05, 0) is 53.2 Å². The predicted octanol–water partition coefficient (Wildman–Crippen LogP) is 11.0. The van der Waals surface area contributed by atoms with Crippen LogP contribution in [0.15, 0.2) is 164 Å². The minimum Gasteiger partial charge on any atom is -0.309 e. The third kappa shape index (κ3) is 3.66. The highest BCUT2D eigenvalue weighted by Gasteiger charge is 2.31. The zero-order valence-corrected chi connectivity index (χ0v) is 23.9. The summed E-state index contributed by atoms with van der Waals surface area (Å²) in [5, 5.41) is 3.70. The molecule has 0 bridgehead atoms. The zero-order chi connectivity index (χ0) is 29.0. The van der Waals surface area contributed by atoms with Gasteiger partial charge >= 0.3 is 0 Å². The average molecular weight is 562 g/mol. The van der Waals surface area contributed by atoms with Crippen LogP contribution in [0.4, 0.5) is 17.1 Å². The molecule has 3 heteroatoms. The molecule has 6 aromatic carbocycles. The highest BCUT2D eigenvalue weighted by atomic mass is 15.2. The van der Waals surface area contributed by atoms with Crippen LogP contribution in [0.25, 0.3) is 60.9 Å². The molecule has 0 unspecified atom stereocenters. The highest BCUT2D eigenvalue weighted by molar-refractivity contribution is 6.13. The minimum absolute atomic E-state index is 1.09. The highest BCUT2D eigenvalue weighted by Crippen LogP contribution is 2.55. The van der Waals surface area contributed by atoms with Crippen LogP contribution in [0.1, 0.15) is 0 Å². The Kier molecular flexibility index (Phi) is 5.50. The number of para-hydroxylation sites is 4. The van der Waals surface area contributed by atoms with Crippen LogP contribution in [0.2, 0.25) is 0 Å². The van der Waals surface area contributed by atoms with E-state index < -0.39 is 0 Å². The number of nitrogens with zero attached hydrogens (tertiary/aromatic N) is 3. The maximum absolute atomic E-state index is 4.46. The first-order chi connectivity index (χ1) is 21.9. The van der Waals surface area contributed by atoms with E-state index in [-0.39, 0.29) is 0 Å². The lowest BCUT2D eigenvalue weighted by molar-refractivity contribution is 1.14. The van der Waals surface area contributed by atoms with Crippen molar-refractivity contribution >= 4 is 38.7 Å². The van der Waals surface area contributed by atoms with Gasteiger partial charge in [0.25, 0.3) is 0 Å². The molecule has 0 aliphatic carbocycles. The van der Waals surface area contributed by atoms with E-state index in [1.54, 1.807) is 0 Å². The summed E-state index contributed by atoms with van der Waals surface area (Å²) in [6, 6.07) is 54.7. The molecule has 0 amide bonds. The standard InChI is InChI=1S/C41H27N3/c1-2-13-29-26-31(24-23-28(29)12-1)43-37-20-8-4-16-33(37)40-34-17-5-9-21-38(34)44(39-22-10-6-18-35(39)41(40)43)36-19-7-3-15-32(36)30-14-11-25-42-27-30/h1-27H. The summed E-state index contributed by atoms with van der Waals surface area (Å²) in [7, 11) is 0. The second-order valence-electron chi connectivity index (χ2n) is 11.2. The summed E-state index contributed by atoms with van der Waals surface area (Å²) < 4.78 is 2.46. The quantitative estimate of drug-likeness (QED) is 0.214. The molecule has 44 heavy (non-hydrogen) atoms. The second-order valence-corrected chi connectivity index (χ2v) is 11.2. The normalized spacial score (nSPS) is 12.0. The number of aromatic nitrogens is 2. The van der Waals surface area contributed by atoms with Crippen LogP contribution in [0, 0.1) is 0 Å². The van der Waals surface area contributed by atoms with Gasteiger partial charge in [0.1, 0.15) is 0 Å². The van der Waals surface area contributed by atoms with Crippen LogP contribution in [-0.4, -0.2) is 9.55 Å². The summed E-state index contributed by atoms with van der Waals surface area (Å²) in [6.45, 7) is 0. The molecule has 0 N–H and O–H groups in total. The third-order valence-electron chi connectivity index (χ3n) is 8.80. The van der Waals surface area contributed by atoms with Crippen molar-refractivity contribution in [3.05, 3.63) is 164 Å². The summed E-state index contributed by atoms with van der Waals surface area (Å²) in [6.07, 6.45) is 3.78. The fraction of sp³-hybridized carbons (Fsp3) is 0. The van der Waals surface area contributed by atoms with Crippen LogP contribution in [0.3, 0.4) is 0 Å². The zero-order valence-electron chi connectivity index (χ0n) is 23.9. The Hall–Kier alpha value is -5.93. The monoisotopic (exact) mass is 561 g/mol. The Bertz CT molecular complexity index is 2350. The second kappa shape index (κ2) is 9.82. The lowest BCUT2D eigenvalue weighted by Crippen LogP contribution is -2.12. The van der Waals surface area contributed by atoms with E-state index in [0.29, 0.717) is 0 Å². The van der Waals surface area contributed by atoms with Crippen molar-refractivity contribution in [2.45, 2.75) is 0 Å². The van der Waals surface area contributed by atoms with E-state index in [4.69, 9.17) is 0 Å². The first kappa shape index (κ1) is 24.6. The van der Waals surface area contributed by atoms with Crippen molar-refractivity contribution in [1.82, 2.24) is 9.55 Å². The molecule has 0 fully saturated rings. The number of hydrogen-bond donors (Lipinski definition) is 0. The van der Waals surface area contributed by atoms with Crippen molar-refractivity contribution < 1.29 is 0 Å². The molecule has 0 saturated heterocycles. The van der Waals surface area contributed by atoms with Crippen LogP contribution < -0.4 is 4.90 Å². The van der Waals surface area contributed by atoms with Crippen molar-refractivity contribution in [2.75, 3.05) is 4.90 Å². The first-order valence-corrected chi connectivity index (χ1v) is 15.0. The molecule has 8 aromatic rings. The van der Waals surface area contributed by atoms with Gasteiger partial charge in [-0.2, -0.15) is 0 Å². The van der Waals surface area contributed by atoms with Gasteiger partial charge in [0.2, 0.25) is 0 Å².